The monoisotopic (exact) mass is 252 g/mol. The van der Waals surface area contributed by atoms with Crippen LogP contribution in [0.2, 0.25) is 0 Å². The SMILES string of the molecule is CSCCCNCc1nc2ccccc2s1. The Morgan fingerprint density at radius 2 is 2.25 bits per heavy atom. The van der Waals surface area contributed by atoms with Gasteiger partial charge in [0.2, 0.25) is 0 Å². The predicted octanol–water partition coefficient (Wildman–Crippen LogP) is 3.14. The van der Waals surface area contributed by atoms with Crippen molar-refractivity contribution in [3.05, 3.63) is 29.3 Å². The third-order valence-corrected chi connectivity index (χ3v) is 4.05. The third-order valence-electron chi connectivity index (χ3n) is 2.32. The molecule has 1 heterocycles. The molecule has 0 spiro atoms. The molecule has 86 valence electrons. The van der Waals surface area contributed by atoms with Crippen molar-refractivity contribution >= 4 is 33.3 Å². The van der Waals surface area contributed by atoms with Crippen LogP contribution >= 0.6 is 23.1 Å². The molecule has 0 aliphatic heterocycles. The van der Waals surface area contributed by atoms with Gasteiger partial charge in [-0.2, -0.15) is 11.8 Å². The van der Waals surface area contributed by atoms with E-state index >= 15 is 0 Å². The van der Waals surface area contributed by atoms with Crippen molar-refractivity contribution in [2.45, 2.75) is 13.0 Å². The second-order valence-corrected chi connectivity index (χ2v) is 5.70. The van der Waals surface area contributed by atoms with Crippen molar-refractivity contribution in [2.24, 2.45) is 0 Å². The van der Waals surface area contributed by atoms with Crippen LogP contribution in [0.5, 0.6) is 0 Å². The van der Waals surface area contributed by atoms with Crippen LogP contribution in [0, 0.1) is 0 Å². The van der Waals surface area contributed by atoms with Gasteiger partial charge in [0.05, 0.1) is 10.2 Å². The smallest absolute Gasteiger partial charge is 0.108 e. The van der Waals surface area contributed by atoms with Gasteiger partial charge < -0.3 is 5.32 Å². The number of hydrogen-bond donors (Lipinski definition) is 1. The Morgan fingerprint density at radius 1 is 1.38 bits per heavy atom. The summed E-state index contributed by atoms with van der Waals surface area (Å²) in [4.78, 5) is 4.58. The number of para-hydroxylation sites is 1. The highest BCUT2D eigenvalue weighted by Gasteiger charge is 2.01. The van der Waals surface area contributed by atoms with E-state index in [1.165, 1.54) is 21.9 Å². The van der Waals surface area contributed by atoms with Gasteiger partial charge in [-0.15, -0.1) is 11.3 Å². The van der Waals surface area contributed by atoms with Gasteiger partial charge in [-0.05, 0) is 37.1 Å². The van der Waals surface area contributed by atoms with E-state index in [2.05, 4.69) is 34.8 Å². The number of benzene rings is 1. The molecular weight excluding hydrogens is 236 g/mol. The lowest BCUT2D eigenvalue weighted by molar-refractivity contribution is 0.677. The fourth-order valence-electron chi connectivity index (χ4n) is 1.53. The van der Waals surface area contributed by atoms with Gasteiger partial charge in [-0.25, -0.2) is 4.98 Å². The predicted molar refractivity (Wildman–Crippen MR) is 74.3 cm³/mol. The number of nitrogens with zero attached hydrogens (tertiary/aromatic N) is 1. The highest BCUT2D eigenvalue weighted by molar-refractivity contribution is 7.98. The first-order valence-corrected chi connectivity index (χ1v) is 7.65. The minimum atomic E-state index is 0.897. The maximum atomic E-state index is 4.58. The molecular formula is C12H16N2S2. The molecule has 0 saturated carbocycles. The van der Waals surface area contributed by atoms with Crippen molar-refractivity contribution < 1.29 is 0 Å². The van der Waals surface area contributed by atoms with E-state index in [0.29, 0.717) is 0 Å². The number of thiazole rings is 1. The number of hydrogen-bond acceptors (Lipinski definition) is 4. The van der Waals surface area contributed by atoms with E-state index in [1.54, 1.807) is 11.3 Å². The molecule has 16 heavy (non-hydrogen) atoms. The van der Waals surface area contributed by atoms with Crippen LogP contribution in [0.15, 0.2) is 24.3 Å². The van der Waals surface area contributed by atoms with Gasteiger partial charge in [0.15, 0.2) is 0 Å². The zero-order chi connectivity index (χ0) is 11.2. The number of nitrogens with one attached hydrogen (secondary N) is 1. The maximum Gasteiger partial charge on any atom is 0.108 e. The topological polar surface area (TPSA) is 24.9 Å². The van der Waals surface area contributed by atoms with E-state index in [-0.39, 0.29) is 0 Å². The Labute approximate surface area is 104 Å². The van der Waals surface area contributed by atoms with Crippen LogP contribution in [0.4, 0.5) is 0 Å². The Kier molecular flexibility index (Phi) is 4.63. The first-order chi connectivity index (χ1) is 7.90. The molecule has 0 bridgehead atoms. The van der Waals surface area contributed by atoms with Crippen molar-refractivity contribution in [2.75, 3.05) is 18.6 Å². The van der Waals surface area contributed by atoms with Gasteiger partial charge in [0.1, 0.15) is 5.01 Å². The molecule has 4 heteroatoms. The first kappa shape index (κ1) is 11.9. The number of thioether (sulfide) groups is 1. The third kappa shape index (κ3) is 3.20. The van der Waals surface area contributed by atoms with Crippen molar-refractivity contribution in [3.8, 4) is 0 Å². The second kappa shape index (κ2) is 6.23. The molecule has 0 amide bonds. The number of aromatic nitrogens is 1. The van der Waals surface area contributed by atoms with Gasteiger partial charge in [-0.1, -0.05) is 12.1 Å². The molecule has 2 nitrogen and oxygen atoms in total. The summed E-state index contributed by atoms with van der Waals surface area (Å²) in [6.07, 6.45) is 3.37. The van der Waals surface area contributed by atoms with Gasteiger partial charge in [0.25, 0.3) is 0 Å². The summed E-state index contributed by atoms with van der Waals surface area (Å²) >= 11 is 3.68. The van der Waals surface area contributed by atoms with Crippen LogP contribution < -0.4 is 5.32 Å². The molecule has 1 N–H and O–H groups in total. The molecule has 0 aliphatic rings. The van der Waals surface area contributed by atoms with Crippen LogP contribution in [0.25, 0.3) is 10.2 Å². The lowest BCUT2D eigenvalue weighted by Crippen LogP contribution is -2.14. The largest absolute Gasteiger partial charge is 0.310 e. The zero-order valence-corrected chi connectivity index (χ0v) is 11.0. The lowest BCUT2D eigenvalue weighted by atomic mass is 10.3. The Balaban J connectivity index is 1.85. The zero-order valence-electron chi connectivity index (χ0n) is 9.40. The van der Waals surface area contributed by atoms with Gasteiger partial charge >= 0.3 is 0 Å². The molecule has 0 atom stereocenters. The van der Waals surface area contributed by atoms with Crippen LogP contribution in [-0.2, 0) is 6.54 Å². The summed E-state index contributed by atoms with van der Waals surface area (Å²) < 4.78 is 1.28. The van der Waals surface area contributed by atoms with E-state index in [4.69, 9.17) is 0 Å². The summed E-state index contributed by atoms with van der Waals surface area (Å²) in [6, 6.07) is 8.31. The van der Waals surface area contributed by atoms with E-state index < -0.39 is 0 Å². The normalized spacial score (nSPS) is 11.1. The summed E-state index contributed by atoms with van der Waals surface area (Å²) in [5.74, 6) is 1.23. The molecule has 1 aromatic heterocycles. The Hall–Kier alpha value is -0.580. The average molecular weight is 252 g/mol. The summed E-state index contributed by atoms with van der Waals surface area (Å²) in [7, 11) is 0. The first-order valence-electron chi connectivity index (χ1n) is 5.44. The minimum absolute atomic E-state index is 0.897. The molecule has 2 aromatic rings. The highest BCUT2D eigenvalue weighted by Crippen LogP contribution is 2.21. The summed E-state index contributed by atoms with van der Waals surface area (Å²) in [6.45, 7) is 1.98. The van der Waals surface area contributed by atoms with E-state index in [0.717, 1.165) is 18.6 Å². The summed E-state index contributed by atoms with van der Waals surface area (Å²) in [5.41, 5.74) is 1.12. The quantitative estimate of drug-likeness (QED) is 0.800. The maximum absolute atomic E-state index is 4.58. The lowest BCUT2D eigenvalue weighted by Gasteiger charge is -2.00. The van der Waals surface area contributed by atoms with Gasteiger partial charge in [0, 0.05) is 6.54 Å². The highest BCUT2D eigenvalue weighted by atomic mass is 32.2. The second-order valence-electron chi connectivity index (χ2n) is 3.60. The molecule has 0 fully saturated rings. The minimum Gasteiger partial charge on any atom is -0.310 e. The van der Waals surface area contributed by atoms with Crippen molar-refractivity contribution in [3.63, 3.8) is 0 Å². The fourth-order valence-corrected chi connectivity index (χ4v) is 2.90. The molecule has 1 aromatic carbocycles. The van der Waals surface area contributed by atoms with E-state index in [1.807, 2.05) is 17.8 Å². The molecule has 0 aliphatic carbocycles. The van der Waals surface area contributed by atoms with E-state index in [9.17, 15) is 0 Å². The molecule has 2 rings (SSSR count). The number of fused-ring (bicyclic) bond motifs is 1. The molecule has 0 saturated heterocycles. The fraction of sp³-hybridized carbons (Fsp3) is 0.417. The summed E-state index contributed by atoms with van der Waals surface area (Å²) in [5, 5.41) is 4.62. The molecule has 0 unspecified atom stereocenters. The Bertz CT molecular complexity index is 406. The van der Waals surface area contributed by atoms with Crippen molar-refractivity contribution in [1.82, 2.24) is 10.3 Å². The van der Waals surface area contributed by atoms with Crippen LogP contribution in [-0.4, -0.2) is 23.5 Å². The average Bonchev–Trinajstić information content (AvgIpc) is 2.71. The standard InChI is InChI=1S/C12H16N2S2/c1-15-8-4-7-13-9-12-14-10-5-2-3-6-11(10)16-12/h2-3,5-6,13H,4,7-9H2,1H3. The number of rotatable bonds is 6. The van der Waals surface area contributed by atoms with Crippen LogP contribution in [0.3, 0.4) is 0 Å². The van der Waals surface area contributed by atoms with Gasteiger partial charge in [-0.3, -0.25) is 0 Å². The Morgan fingerprint density at radius 3 is 3.06 bits per heavy atom. The molecule has 0 radical (unpaired) electrons. The van der Waals surface area contributed by atoms with Crippen molar-refractivity contribution in [1.29, 1.82) is 0 Å². The van der Waals surface area contributed by atoms with Crippen LogP contribution in [0.1, 0.15) is 11.4 Å².